The van der Waals surface area contributed by atoms with E-state index in [4.69, 9.17) is 4.52 Å². The summed E-state index contributed by atoms with van der Waals surface area (Å²) in [4.78, 5) is 28.7. The van der Waals surface area contributed by atoms with Gasteiger partial charge in [-0.3, -0.25) is 9.78 Å². The van der Waals surface area contributed by atoms with E-state index in [1.165, 1.54) is 5.56 Å². The van der Waals surface area contributed by atoms with Crippen LogP contribution in [0.1, 0.15) is 39.4 Å². The second-order valence-electron chi connectivity index (χ2n) is 6.96. The molecule has 1 unspecified atom stereocenters. The second-order valence-corrected chi connectivity index (χ2v) is 6.96. The molecule has 0 bridgehead atoms. The molecule has 0 spiro atoms. The average molecular weight is 386 g/mol. The first-order chi connectivity index (χ1) is 14.3. The summed E-state index contributed by atoms with van der Waals surface area (Å²) in [5.41, 5.74) is 3.24. The summed E-state index contributed by atoms with van der Waals surface area (Å²) < 4.78 is 5.35. The number of benzene rings is 1. The number of H-pyrrole nitrogens is 1. The number of hydrogen-bond donors (Lipinski definition) is 2. The van der Waals surface area contributed by atoms with E-state index < -0.39 is 0 Å². The van der Waals surface area contributed by atoms with E-state index in [9.17, 15) is 4.79 Å². The van der Waals surface area contributed by atoms with Gasteiger partial charge in [0.25, 0.3) is 5.91 Å². The molecule has 8 nitrogen and oxygen atoms in total. The van der Waals surface area contributed by atoms with E-state index in [0.29, 0.717) is 42.6 Å². The topological polar surface area (TPSA) is 110 Å². The highest BCUT2D eigenvalue weighted by atomic mass is 16.5. The van der Waals surface area contributed by atoms with Crippen molar-refractivity contribution in [1.29, 1.82) is 0 Å². The van der Waals surface area contributed by atoms with Crippen LogP contribution in [0.15, 0.2) is 59.4 Å². The lowest BCUT2D eigenvalue weighted by atomic mass is 9.94. The minimum atomic E-state index is -0.164. The molecule has 0 aliphatic carbocycles. The Balaban J connectivity index is 1.38. The smallest absolute Gasteiger partial charge is 0.271 e. The first-order valence-electron chi connectivity index (χ1n) is 9.40. The summed E-state index contributed by atoms with van der Waals surface area (Å²) in [5.74, 6) is 1.55. The van der Waals surface area contributed by atoms with Gasteiger partial charge in [-0.25, -0.2) is 4.98 Å². The van der Waals surface area contributed by atoms with E-state index in [-0.39, 0.29) is 11.8 Å². The zero-order chi connectivity index (χ0) is 19.6. The quantitative estimate of drug-likeness (QED) is 0.558. The van der Waals surface area contributed by atoms with Gasteiger partial charge in [-0.05, 0) is 24.1 Å². The molecule has 8 heteroatoms. The maximum Gasteiger partial charge on any atom is 0.271 e. The molecule has 1 aromatic carbocycles. The first-order valence-corrected chi connectivity index (χ1v) is 9.40. The number of pyridine rings is 1. The SMILES string of the molecule is O=C1NCC(c2ccccc2)Cc2[nH]c(Cc3nc(-c4cccnc4)no3)nc21. The van der Waals surface area contributed by atoms with Gasteiger partial charge in [0.1, 0.15) is 11.5 Å². The lowest BCUT2D eigenvalue weighted by molar-refractivity contribution is 0.0950. The molecule has 144 valence electrons. The first kappa shape index (κ1) is 17.3. The van der Waals surface area contributed by atoms with Crippen molar-refractivity contribution in [3.63, 3.8) is 0 Å². The van der Waals surface area contributed by atoms with Gasteiger partial charge < -0.3 is 14.8 Å². The number of carbonyl (C=O) groups is 1. The molecule has 0 fully saturated rings. The van der Waals surface area contributed by atoms with Crippen LogP contribution in [0.2, 0.25) is 0 Å². The molecule has 2 N–H and O–H groups in total. The number of rotatable bonds is 4. The van der Waals surface area contributed by atoms with Gasteiger partial charge in [0.05, 0.1) is 6.42 Å². The maximum atomic E-state index is 12.5. The van der Waals surface area contributed by atoms with Crippen LogP contribution in [-0.4, -0.2) is 37.5 Å². The number of aromatic nitrogens is 5. The molecule has 0 saturated carbocycles. The molecule has 1 aliphatic heterocycles. The molecule has 3 aromatic heterocycles. The zero-order valence-corrected chi connectivity index (χ0v) is 15.5. The Labute approximate surface area is 166 Å². The molecule has 0 saturated heterocycles. The van der Waals surface area contributed by atoms with Gasteiger partial charge in [0.2, 0.25) is 11.7 Å². The van der Waals surface area contributed by atoms with Crippen LogP contribution in [-0.2, 0) is 12.8 Å². The fourth-order valence-corrected chi connectivity index (χ4v) is 3.54. The highest BCUT2D eigenvalue weighted by Gasteiger charge is 2.26. The number of nitrogens with one attached hydrogen (secondary N) is 2. The number of aromatic amines is 1. The number of nitrogens with zero attached hydrogens (tertiary/aromatic N) is 4. The minimum absolute atomic E-state index is 0.164. The molecule has 1 aliphatic rings. The maximum absolute atomic E-state index is 12.5. The normalized spacial score (nSPS) is 16.1. The fraction of sp³-hybridized carbons (Fsp3) is 0.190. The minimum Gasteiger partial charge on any atom is -0.350 e. The number of imidazole rings is 1. The van der Waals surface area contributed by atoms with Crippen LogP contribution in [0.3, 0.4) is 0 Å². The summed E-state index contributed by atoms with van der Waals surface area (Å²) in [7, 11) is 0. The highest BCUT2D eigenvalue weighted by molar-refractivity contribution is 5.94. The monoisotopic (exact) mass is 386 g/mol. The van der Waals surface area contributed by atoms with E-state index in [1.54, 1.807) is 12.4 Å². The third-order valence-electron chi connectivity index (χ3n) is 4.98. The number of amides is 1. The van der Waals surface area contributed by atoms with Crippen molar-refractivity contribution in [1.82, 2.24) is 30.4 Å². The second kappa shape index (κ2) is 7.31. The van der Waals surface area contributed by atoms with Gasteiger partial charge in [-0.1, -0.05) is 35.5 Å². The number of fused-ring (bicyclic) bond motifs is 1. The lowest BCUT2D eigenvalue weighted by Crippen LogP contribution is -2.26. The molecule has 29 heavy (non-hydrogen) atoms. The van der Waals surface area contributed by atoms with Crippen LogP contribution in [0.5, 0.6) is 0 Å². The van der Waals surface area contributed by atoms with E-state index in [0.717, 1.165) is 11.3 Å². The van der Waals surface area contributed by atoms with Crippen LogP contribution in [0, 0.1) is 0 Å². The van der Waals surface area contributed by atoms with Crippen molar-refractivity contribution < 1.29 is 9.32 Å². The predicted octanol–water partition coefficient (Wildman–Crippen LogP) is 2.52. The van der Waals surface area contributed by atoms with Gasteiger partial charge >= 0.3 is 0 Å². The predicted molar refractivity (Wildman–Crippen MR) is 104 cm³/mol. The molecular formula is C21H18N6O2. The zero-order valence-electron chi connectivity index (χ0n) is 15.5. The highest BCUT2D eigenvalue weighted by Crippen LogP contribution is 2.24. The van der Waals surface area contributed by atoms with Crippen molar-refractivity contribution in [3.05, 3.63) is 83.5 Å². The van der Waals surface area contributed by atoms with Gasteiger partial charge in [0.15, 0.2) is 0 Å². The molecule has 5 rings (SSSR count). The fourth-order valence-electron chi connectivity index (χ4n) is 3.54. The number of carbonyl (C=O) groups excluding carboxylic acids is 1. The Bertz CT molecular complexity index is 1140. The number of hydrogen-bond acceptors (Lipinski definition) is 6. The van der Waals surface area contributed by atoms with E-state index in [2.05, 4.69) is 42.5 Å². The summed E-state index contributed by atoms with van der Waals surface area (Å²) in [6.07, 6.45) is 4.39. The Morgan fingerprint density at radius 3 is 2.83 bits per heavy atom. The molecule has 1 atom stereocenters. The Morgan fingerprint density at radius 2 is 2.00 bits per heavy atom. The molecule has 0 radical (unpaired) electrons. The molecule has 4 aromatic rings. The molecule has 4 heterocycles. The summed E-state index contributed by atoms with van der Waals surface area (Å²) in [6, 6.07) is 13.9. The van der Waals surface area contributed by atoms with Crippen molar-refractivity contribution in [2.24, 2.45) is 0 Å². The van der Waals surface area contributed by atoms with Crippen molar-refractivity contribution in [2.75, 3.05) is 6.54 Å². The van der Waals surface area contributed by atoms with Crippen molar-refractivity contribution >= 4 is 5.91 Å². The van der Waals surface area contributed by atoms with Gasteiger partial charge in [0, 0.05) is 36.1 Å². The standard InChI is InChI=1S/C21H18N6O2/c28-21-19-16(9-15(12-23-21)13-5-2-1-3-6-13)24-17(25-19)10-18-26-20(27-29-18)14-7-4-8-22-11-14/h1-8,11,15H,9-10,12H2,(H,23,28)(H,24,25). The van der Waals surface area contributed by atoms with Gasteiger partial charge in [-0.15, -0.1) is 0 Å². The van der Waals surface area contributed by atoms with Crippen LogP contribution in [0.4, 0.5) is 0 Å². The van der Waals surface area contributed by atoms with E-state index >= 15 is 0 Å². The Kier molecular flexibility index (Phi) is 4.36. The summed E-state index contributed by atoms with van der Waals surface area (Å²) in [6.45, 7) is 0.584. The van der Waals surface area contributed by atoms with Crippen LogP contribution < -0.4 is 5.32 Å². The lowest BCUT2D eigenvalue weighted by Gasteiger charge is -2.14. The largest absolute Gasteiger partial charge is 0.350 e. The van der Waals surface area contributed by atoms with Gasteiger partial charge in [-0.2, -0.15) is 4.98 Å². The van der Waals surface area contributed by atoms with Crippen LogP contribution in [0.25, 0.3) is 11.4 Å². The third kappa shape index (κ3) is 3.52. The Morgan fingerprint density at radius 1 is 1.10 bits per heavy atom. The summed E-state index contributed by atoms with van der Waals surface area (Å²) >= 11 is 0. The average Bonchev–Trinajstić information content (AvgIpc) is 3.36. The van der Waals surface area contributed by atoms with Crippen molar-refractivity contribution in [2.45, 2.75) is 18.8 Å². The van der Waals surface area contributed by atoms with Crippen molar-refractivity contribution in [3.8, 4) is 11.4 Å². The Hall–Kier alpha value is -3.81. The van der Waals surface area contributed by atoms with E-state index in [1.807, 2.05) is 30.3 Å². The third-order valence-corrected chi connectivity index (χ3v) is 4.98. The molecular weight excluding hydrogens is 368 g/mol. The summed E-state index contributed by atoms with van der Waals surface area (Å²) in [5, 5.41) is 6.97. The molecule has 1 amide bonds. The van der Waals surface area contributed by atoms with Crippen LogP contribution >= 0.6 is 0 Å².